The fourth-order valence-corrected chi connectivity index (χ4v) is 4.20. The number of amides is 1. The van der Waals surface area contributed by atoms with Crippen LogP contribution in [0.2, 0.25) is 0 Å². The fourth-order valence-electron chi connectivity index (χ4n) is 4.20. The molecular formula is C24H28N4O2. The van der Waals surface area contributed by atoms with Gasteiger partial charge >= 0.3 is 0 Å². The smallest absolute Gasteiger partial charge is 0.221 e. The highest BCUT2D eigenvalue weighted by atomic mass is 16.3. The number of carbonyl (C=O) groups is 1. The van der Waals surface area contributed by atoms with Gasteiger partial charge in [0, 0.05) is 24.2 Å². The van der Waals surface area contributed by atoms with Gasteiger partial charge < -0.3 is 15.4 Å². The number of aromatic nitrogens is 2. The van der Waals surface area contributed by atoms with Crippen LogP contribution in [0.25, 0.3) is 22.4 Å². The standard InChI is InChI=1S/C24H28N4O2/c1-3-16-6-4-5-7-20(16)28-24(30)18-10-13-21-22(14-18)27-23(26-21)17-8-11-19(12-9-17)25-15(2)29/h3,8-14,16,20,24,28,30H,1,4-7H2,2H3,(H,25,29)(H,26,27). The first-order chi connectivity index (χ1) is 14.5. The molecule has 3 aromatic rings. The number of hydrogen-bond donors (Lipinski definition) is 4. The Labute approximate surface area is 176 Å². The van der Waals surface area contributed by atoms with Gasteiger partial charge in [0.25, 0.3) is 0 Å². The van der Waals surface area contributed by atoms with E-state index in [0.29, 0.717) is 5.92 Å². The molecule has 1 amide bonds. The van der Waals surface area contributed by atoms with E-state index in [-0.39, 0.29) is 11.9 Å². The predicted octanol–water partition coefficient (Wildman–Crippen LogP) is 4.51. The SMILES string of the molecule is C=CC1CCCCC1NC(O)c1ccc2nc(-c3ccc(NC(C)=O)cc3)[nH]c2c1. The lowest BCUT2D eigenvalue weighted by Crippen LogP contribution is -2.39. The van der Waals surface area contributed by atoms with Crippen LogP contribution < -0.4 is 10.6 Å². The van der Waals surface area contributed by atoms with Crippen molar-refractivity contribution in [1.29, 1.82) is 0 Å². The van der Waals surface area contributed by atoms with E-state index >= 15 is 0 Å². The fraction of sp³-hybridized carbons (Fsp3) is 0.333. The Kier molecular flexibility index (Phi) is 5.97. The minimum Gasteiger partial charge on any atom is -0.374 e. The lowest BCUT2D eigenvalue weighted by atomic mass is 9.84. The highest BCUT2D eigenvalue weighted by molar-refractivity contribution is 5.89. The van der Waals surface area contributed by atoms with Gasteiger partial charge in [-0.15, -0.1) is 6.58 Å². The van der Waals surface area contributed by atoms with Crippen LogP contribution in [0.5, 0.6) is 0 Å². The van der Waals surface area contributed by atoms with Crippen molar-refractivity contribution in [3.63, 3.8) is 0 Å². The molecule has 0 saturated heterocycles. The summed E-state index contributed by atoms with van der Waals surface area (Å²) in [6.07, 6.45) is 5.85. The summed E-state index contributed by atoms with van der Waals surface area (Å²) >= 11 is 0. The van der Waals surface area contributed by atoms with Crippen molar-refractivity contribution in [1.82, 2.24) is 15.3 Å². The van der Waals surface area contributed by atoms with Crippen LogP contribution in [-0.4, -0.2) is 27.0 Å². The minimum atomic E-state index is -0.733. The van der Waals surface area contributed by atoms with Crippen molar-refractivity contribution in [3.05, 3.63) is 60.7 Å². The molecule has 6 nitrogen and oxygen atoms in total. The second kappa shape index (κ2) is 8.81. The van der Waals surface area contributed by atoms with E-state index in [2.05, 4.69) is 27.2 Å². The van der Waals surface area contributed by atoms with Crippen LogP contribution in [0, 0.1) is 5.92 Å². The molecule has 30 heavy (non-hydrogen) atoms. The Bertz CT molecular complexity index is 1040. The van der Waals surface area contributed by atoms with Crippen LogP contribution in [-0.2, 0) is 4.79 Å². The molecule has 1 aliphatic carbocycles. The van der Waals surface area contributed by atoms with Gasteiger partial charge in [0.1, 0.15) is 12.1 Å². The molecule has 3 unspecified atom stereocenters. The number of aromatic amines is 1. The van der Waals surface area contributed by atoms with E-state index < -0.39 is 6.23 Å². The van der Waals surface area contributed by atoms with Gasteiger partial charge in [-0.05, 0) is 60.7 Å². The highest BCUT2D eigenvalue weighted by Crippen LogP contribution is 2.28. The summed E-state index contributed by atoms with van der Waals surface area (Å²) in [5, 5.41) is 16.9. The molecule has 2 aromatic carbocycles. The van der Waals surface area contributed by atoms with Gasteiger partial charge in [0.15, 0.2) is 0 Å². The predicted molar refractivity (Wildman–Crippen MR) is 120 cm³/mol. The molecule has 0 radical (unpaired) electrons. The Morgan fingerprint density at radius 3 is 2.73 bits per heavy atom. The molecule has 3 atom stereocenters. The van der Waals surface area contributed by atoms with Gasteiger partial charge in [0.2, 0.25) is 5.91 Å². The maximum atomic E-state index is 11.2. The molecule has 6 heteroatoms. The van der Waals surface area contributed by atoms with Crippen LogP contribution >= 0.6 is 0 Å². The summed E-state index contributed by atoms with van der Waals surface area (Å²) in [7, 11) is 0. The van der Waals surface area contributed by atoms with Crippen LogP contribution in [0.15, 0.2) is 55.1 Å². The Hall–Kier alpha value is -2.96. The lowest BCUT2D eigenvalue weighted by molar-refractivity contribution is -0.114. The zero-order valence-corrected chi connectivity index (χ0v) is 17.2. The monoisotopic (exact) mass is 404 g/mol. The number of hydrogen-bond acceptors (Lipinski definition) is 4. The summed E-state index contributed by atoms with van der Waals surface area (Å²) < 4.78 is 0. The third kappa shape index (κ3) is 4.45. The van der Waals surface area contributed by atoms with Crippen molar-refractivity contribution in [2.75, 3.05) is 5.32 Å². The Morgan fingerprint density at radius 1 is 1.23 bits per heavy atom. The van der Waals surface area contributed by atoms with E-state index in [0.717, 1.165) is 46.5 Å². The van der Waals surface area contributed by atoms with E-state index in [1.807, 2.05) is 48.5 Å². The van der Waals surface area contributed by atoms with Crippen molar-refractivity contribution in [2.24, 2.45) is 5.92 Å². The number of fused-ring (bicyclic) bond motifs is 1. The van der Waals surface area contributed by atoms with E-state index in [1.54, 1.807) is 0 Å². The number of imidazole rings is 1. The number of nitrogens with one attached hydrogen (secondary N) is 3. The Balaban J connectivity index is 1.52. The summed E-state index contributed by atoms with van der Waals surface area (Å²) in [4.78, 5) is 19.2. The molecule has 0 spiro atoms. The van der Waals surface area contributed by atoms with Gasteiger partial charge in [-0.25, -0.2) is 4.98 Å². The topological polar surface area (TPSA) is 90.0 Å². The highest BCUT2D eigenvalue weighted by Gasteiger charge is 2.25. The van der Waals surface area contributed by atoms with Gasteiger partial charge in [-0.3, -0.25) is 10.1 Å². The summed E-state index contributed by atoms with van der Waals surface area (Å²) in [5.41, 5.74) is 4.20. The van der Waals surface area contributed by atoms with Gasteiger partial charge in [0.05, 0.1) is 11.0 Å². The molecule has 1 fully saturated rings. The molecule has 0 bridgehead atoms. The van der Waals surface area contributed by atoms with Crippen molar-refractivity contribution in [3.8, 4) is 11.4 Å². The molecule has 1 saturated carbocycles. The van der Waals surface area contributed by atoms with Gasteiger partial charge in [-0.1, -0.05) is 25.0 Å². The van der Waals surface area contributed by atoms with Crippen molar-refractivity contribution in [2.45, 2.75) is 44.9 Å². The number of nitrogens with zero attached hydrogens (tertiary/aromatic N) is 1. The number of benzene rings is 2. The quantitative estimate of drug-likeness (QED) is 0.359. The van der Waals surface area contributed by atoms with Crippen LogP contribution in [0.3, 0.4) is 0 Å². The minimum absolute atomic E-state index is 0.0983. The first-order valence-electron chi connectivity index (χ1n) is 10.5. The van der Waals surface area contributed by atoms with E-state index in [9.17, 15) is 9.90 Å². The second-order valence-electron chi connectivity index (χ2n) is 7.98. The molecule has 1 aliphatic rings. The van der Waals surface area contributed by atoms with Crippen LogP contribution in [0.4, 0.5) is 5.69 Å². The van der Waals surface area contributed by atoms with E-state index in [1.165, 1.54) is 19.8 Å². The molecule has 156 valence electrons. The molecule has 0 aliphatic heterocycles. The maximum Gasteiger partial charge on any atom is 0.221 e. The second-order valence-corrected chi connectivity index (χ2v) is 7.98. The number of H-pyrrole nitrogens is 1. The zero-order chi connectivity index (χ0) is 21.1. The number of aliphatic hydroxyl groups excluding tert-OH is 1. The number of aliphatic hydroxyl groups is 1. The molecule has 4 N–H and O–H groups in total. The third-order valence-corrected chi connectivity index (χ3v) is 5.79. The molecule has 4 rings (SSSR count). The first kappa shape index (κ1) is 20.3. The number of carbonyl (C=O) groups excluding carboxylic acids is 1. The molecular weight excluding hydrogens is 376 g/mol. The molecule has 1 heterocycles. The molecule has 1 aromatic heterocycles. The zero-order valence-electron chi connectivity index (χ0n) is 17.2. The summed E-state index contributed by atoms with van der Waals surface area (Å²) in [6, 6.07) is 13.6. The average molecular weight is 405 g/mol. The van der Waals surface area contributed by atoms with Crippen molar-refractivity contribution >= 4 is 22.6 Å². The van der Waals surface area contributed by atoms with Gasteiger partial charge in [-0.2, -0.15) is 0 Å². The number of rotatable bonds is 6. The summed E-state index contributed by atoms with van der Waals surface area (Å²) in [5.74, 6) is 1.05. The number of anilines is 1. The third-order valence-electron chi connectivity index (χ3n) is 5.79. The van der Waals surface area contributed by atoms with Crippen LogP contribution in [0.1, 0.15) is 44.4 Å². The maximum absolute atomic E-state index is 11.2. The normalized spacial score (nSPS) is 20.1. The average Bonchev–Trinajstić information content (AvgIpc) is 3.17. The first-order valence-corrected chi connectivity index (χ1v) is 10.5. The van der Waals surface area contributed by atoms with E-state index in [4.69, 9.17) is 0 Å². The Morgan fingerprint density at radius 2 is 2.00 bits per heavy atom. The summed E-state index contributed by atoms with van der Waals surface area (Å²) in [6.45, 7) is 5.44. The largest absolute Gasteiger partial charge is 0.374 e. The van der Waals surface area contributed by atoms with Crippen molar-refractivity contribution < 1.29 is 9.90 Å². The lowest BCUT2D eigenvalue weighted by Gasteiger charge is -2.32.